The van der Waals surface area contributed by atoms with Gasteiger partial charge in [-0.05, 0) is 13.0 Å². The van der Waals surface area contributed by atoms with Crippen LogP contribution in [0.5, 0.6) is 0 Å². The topological polar surface area (TPSA) is 49.4 Å². The number of hydrogen-bond acceptors (Lipinski definition) is 2. The van der Waals surface area contributed by atoms with Crippen molar-refractivity contribution < 1.29 is 12.8 Å². The summed E-state index contributed by atoms with van der Waals surface area (Å²) in [4.78, 5) is 0. The highest BCUT2D eigenvalue weighted by Crippen LogP contribution is 2.17. The second-order valence-corrected chi connectivity index (χ2v) is 5.65. The molecule has 0 bridgehead atoms. The van der Waals surface area contributed by atoms with E-state index in [4.69, 9.17) is 0 Å². The Labute approximate surface area is 108 Å². The van der Waals surface area contributed by atoms with Crippen molar-refractivity contribution in [1.82, 2.24) is 9.03 Å². The van der Waals surface area contributed by atoms with Crippen molar-refractivity contribution in [2.75, 3.05) is 13.1 Å². The van der Waals surface area contributed by atoms with Crippen LogP contribution in [0.25, 0.3) is 0 Å². The number of halogens is 1. The van der Waals surface area contributed by atoms with E-state index in [-0.39, 0.29) is 0 Å². The summed E-state index contributed by atoms with van der Waals surface area (Å²) < 4.78 is 41.3. The number of nitrogens with one attached hydrogen (secondary N) is 1. The van der Waals surface area contributed by atoms with Crippen molar-refractivity contribution in [3.05, 3.63) is 35.6 Å². The lowest BCUT2D eigenvalue weighted by Gasteiger charge is -2.22. The smallest absolute Gasteiger partial charge is 0.207 e. The minimum Gasteiger partial charge on any atom is -0.207 e. The van der Waals surface area contributed by atoms with Crippen LogP contribution in [0, 0.1) is 5.82 Å². The van der Waals surface area contributed by atoms with E-state index in [1.807, 2.05) is 0 Å². The summed E-state index contributed by atoms with van der Waals surface area (Å²) in [6.07, 6.45) is 0. The van der Waals surface area contributed by atoms with Crippen molar-refractivity contribution in [1.29, 1.82) is 0 Å². The molecule has 0 aliphatic carbocycles. The number of rotatable bonds is 6. The van der Waals surface area contributed by atoms with Crippen LogP contribution >= 0.6 is 0 Å². The molecular formula is C12H19FN2O2S. The first-order valence-electron chi connectivity index (χ1n) is 5.94. The molecule has 4 nitrogen and oxygen atoms in total. The van der Waals surface area contributed by atoms with Gasteiger partial charge in [0.25, 0.3) is 10.2 Å². The van der Waals surface area contributed by atoms with Crippen molar-refractivity contribution in [3.63, 3.8) is 0 Å². The zero-order chi connectivity index (χ0) is 13.8. The molecule has 0 aliphatic heterocycles. The maximum absolute atomic E-state index is 13.5. The zero-order valence-corrected chi connectivity index (χ0v) is 11.7. The average molecular weight is 274 g/mol. The monoisotopic (exact) mass is 274 g/mol. The summed E-state index contributed by atoms with van der Waals surface area (Å²) in [7, 11) is -3.57. The van der Waals surface area contributed by atoms with Gasteiger partial charge in [-0.15, -0.1) is 0 Å². The lowest BCUT2D eigenvalue weighted by atomic mass is 10.1. The number of nitrogens with zero attached hydrogens (tertiary/aromatic N) is 1. The van der Waals surface area contributed by atoms with Crippen molar-refractivity contribution in [3.8, 4) is 0 Å². The van der Waals surface area contributed by atoms with E-state index in [0.717, 1.165) is 0 Å². The Morgan fingerprint density at radius 3 is 2.33 bits per heavy atom. The Balaban J connectivity index is 2.88. The molecule has 1 aromatic rings. The SMILES string of the molecule is CCN(CC)S(=O)(=O)N[C@@H](C)c1ccccc1F. The van der Waals surface area contributed by atoms with E-state index in [0.29, 0.717) is 18.7 Å². The van der Waals surface area contributed by atoms with Crippen molar-refractivity contribution in [2.24, 2.45) is 0 Å². The molecule has 0 aliphatic rings. The van der Waals surface area contributed by atoms with Crippen molar-refractivity contribution in [2.45, 2.75) is 26.8 Å². The summed E-state index contributed by atoms with van der Waals surface area (Å²) in [6, 6.07) is 5.55. The van der Waals surface area contributed by atoms with E-state index >= 15 is 0 Å². The maximum atomic E-state index is 13.5. The molecule has 0 amide bonds. The third kappa shape index (κ3) is 3.51. The van der Waals surface area contributed by atoms with Gasteiger partial charge in [0.1, 0.15) is 5.82 Å². The second-order valence-electron chi connectivity index (χ2n) is 3.95. The Morgan fingerprint density at radius 2 is 1.83 bits per heavy atom. The molecule has 0 heterocycles. The summed E-state index contributed by atoms with van der Waals surface area (Å²) in [6.45, 7) is 5.91. The van der Waals surface area contributed by atoms with E-state index in [9.17, 15) is 12.8 Å². The van der Waals surface area contributed by atoms with Crippen LogP contribution in [0.1, 0.15) is 32.4 Å². The van der Waals surface area contributed by atoms with Crippen LogP contribution in [-0.4, -0.2) is 25.8 Å². The first kappa shape index (κ1) is 15.1. The third-order valence-electron chi connectivity index (χ3n) is 2.74. The lowest BCUT2D eigenvalue weighted by molar-refractivity contribution is 0.427. The summed E-state index contributed by atoms with van der Waals surface area (Å²) >= 11 is 0. The standard InChI is InChI=1S/C12H19FN2O2S/c1-4-15(5-2)18(16,17)14-10(3)11-8-6-7-9-12(11)13/h6-10,14H,4-5H2,1-3H3/t10-/m0/s1. The number of hydrogen-bond donors (Lipinski definition) is 1. The Morgan fingerprint density at radius 1 is 1.28 bits per heavy atom. The molecule has 1 atom stereocenters. The molecule has 0 radical (unpaired) electrons. The molecule has 0 fully saturated rings. The predicted octanol–water partition coefficient (Wildman–Crippen LogP) is 2.06. The molecule has 102 valence electrons. The highest BCUT2D eigenvalue weighted by atomic mass is 32.2. The average Bonchev–Trinajstić information content (AvgIpc) is 2.29. The van der Waals surface area contributed by atoms with Crippen LogP contribution in [-0.2, 0) is 10.2 Å². The molecule has 0 saturated heterocycles. The fraction of sp³-hybridized carbons (Fsp3) is 0.500. The molecule has 1 N–H and O–H groups in total. The van der Waals surface area contributed by atoms with Crippen LogP contribution in [0.2, 0.25) is 0 Å². The molecule has 6 heteroatoms. The first-order valence-corrected chi connectivity index (χ1v) is 7.38. The Hall–Kier alpha value is -0.980. The van der Waals surface area contributed by atoms with Gasteiger partial charge in [-0.3, -0.25) is 0 Å². The summed E-state index contributed by atoms with van der Waals surface area (Å²) in [5, 5.41) is 0. The molecule has 18 heavy (non-hydrogen) atoms. The van der Waals surface area contributed by atoms with Gasteiger partial charge in [-0.2, -0.15) is 17.4 Å². The van der Waals surface area contributed by atoms with Gasteiger partial charge in [0, 0.05) is 24.7 Å². The van der Waals surface area contributed by atoms with E-state index in [2.05, 4.69) is 4.72 Å². The molecule has 1 rings (SSSR count). The molecular weight excluding hydrogens is 255 g/mol. The maximum Gasteiger partial charge on any atom is 0.279 e. The van der Waals surface area contributed by atoms with Crippen molar-refractivity contribution >= 4 is 10.2 Å². The Bertz CT molecular complexity index is 487. The number of benzene rings is 1. The van der Waals surface area contributed by atoms with Crippen LogP contribution in [0.15, 0.2) is 24.3 Å². The fourth-order valence-electron chi connectivity index (χ4n) is 1.75. The highest BCUT2D eigenvalue weighted by molar-refractivity contribution is 7.87. The predicted molar refractivity (Wildman–Crippen MR) is 69.8 cm³/mol. The van der Waals surface area contributed by atoms with Gasteiger partial charge in [-0.25, -0.2) is 4.39 Å². The van der Waals surface area contributed by atoms with Gasteiger partial charge < -0.3 is 0 Å². The van der Waals surface area contributed by atoms with Crippen LogP contribution in [0.3, 0.4) is 0 Å². The van der Waals surface area contributed by atoms with E-state index in [1.54, 1.807) is 39.0 Å². The molecule has 0 aromatic heterocycles. The minimum atomic E-state index is -3.57. The van der Waals surface area contributed by atoms with E-state index in [1.165, 1.54) is 10.4 Å². The lowest BCUT2D eigenvalue weighted by Crippen LogP contribution is -2.41. The highest BCUT2D eigenvalue weighted by Gasteiger charge is 2.22. The molecule has 0 spiro atoms. The van der Waals surface area contributed by atoms with E-state index < -0.39 is 22.1 Å². The van der Waals surface area contributed by atoms with Gasteiger partial charge in [-0.1, -0.05) is 32.0 Å². The quantitative estimate of drug-likeness (QED) is 0.863. The molecule has 0 saturated carbocycles. The zero-order valence-electron chi connectivity index (χ0n) is 10.9. The molecule has 1 aromatic carbocycles. The van der Waals surface area contributed by atoms with Gasteiger partial charge >= 0.3 is 0 Å². The summed E-state index contributed by atoms with van der Waals surface area (Å²) in [5.74, 6) is -0.410. The second kappa shape index (κ2) is 6.26. The minimum absolute atomic E-state index is 0.341. The van der Waals surface area contributed by atoms with Crippen LogP contribution in [0.4, 0.5) is 4.39 Å². The van der Waals surface area contributed by atoms with Gasteiger partial charge in [0.05, 0.1) is 0 Å². The summed E-state index contributed by atoms with van der Waals surface area (Å²) in [5.41, 5.74) is 0.341. The normalized spacial score (nSPS) is 13.8. The fourth-order valence-corrected chi connectivity index (χ4v) is 3.15. The Kier molecular flexibility index (Phi) is 5.25. The van der Waals surface area contributed by atoms with Crippen LogP contribution < -0.4 is 4.72 Å². The molecule has 0 unspecified atom stereocenters. The third-order valence-corrected chi connectivity index (χ3v) is 4.59. The largest absolute Gasteiger partial charge is 0.279 e. The van der Waals surface area contributed by atoms with Gasteiger partial charge in [0.2, 0.25) is 0 Å². The van der Waals surface area contributed by atoms with Gasteiger partial charge in [0.15, 0.2) is 0 Å². The first-order chi connectivity index (χ1) is 8.42.